The van der Waals surface area contributed by atoms with E-state index in [0.717, 1.165) is 12.2 Å². The molecule has 0 aromatic heterocycles. The third-order valence-corrected chi connectivity index (χ3v) is 0.557. The first kappa shape index (κ1) is 7.88. The van der Waals surface area contributed by atoms with Gasteiger partial charge in [-0.15, -0.1) is 0 Å². The maximum absolute atomic E-state index is 9.92. The van der Waals surface area contributed by atoms with Crippen LogP contribution in [0, 0.1) is 0 Å². The van der Waals surface area contributed by atoms with Crippen molar-refractivity contribution in [3.63, 3.8) is 0 Å². The van der Waals surface area contributed by atoms with Gasteiger partial charge in [0.05, 0.1) is 0 Å². The van der Waals surface area contributed by atoms with E-state index in [2.05, 4.69) is 4.74 Å². The minimum Gasteiger partial charge on any atom is -0.387 e. The summed E-state index contributed by atoms with van der Waals surface area (Å²) in [5.41, 5.74) is 0. The number of carbonyl (C=O) groups excluding carboxylic acids is 2. The zero-order valence-corrected chi connectivity index (χ0v) is 6.38. The molecule has 8 heavy (non-hydrogen) atoms. The molecule has 0 bridgehead atoms. The van der Waals surface area contributed by atoms with Crippen LogP contribution in [0.15, 0.2) is 12.2 Å². The van der Waals surface area contributed by atoms with E-state index in [1.54, 1.807) is 0 Å². The van der Waals surface area contributed by atoms with Crippen molar-refractivity contribution < 1.29 is 14.3 Å². The van der Waals surface area contributed by atoms with Gasteiger partial charge in [0.1, 0.15) is 0 Å². The van der Waals surface area contributed by atoms with Gasteiger partial charge in [0, 0.05) is 41.7 Å². The van der Waals surface area contributed by atoms with Crippen LogP contribution in [-0.4, -0.2) is 41.5 Å². The van der Waals surface area contributed by atoms with E-state index >= 15 is 0 Å². The van der Waals surface area contributed by atoms with Crippen molar-refractivity contribution in [3.05, 3.63) is 12.2 Å². The fourth-order valence-electron chi connectivity index (χ4n) is 0.303. The Balaban J connectivity index is 0.000000490. The van der Waals surface area contributed by atoms with Gasteiger partial charge in [-0.1, -0.05) is 0 Å². The Morgan fingerprint density at radius 1 is 1.12 bits per heavy atom. The van der Waals surface area contributed by atoms with Crippen LogP contribution in [0.5, 0.6) is 0 Å². The summed E-state index contributed by atoms with van der Waals surface area (Å²) in [7, 11) is 0. The molecule has 0 aromatic carbocycles. The van der Waals surface area contributed by atoms with Gasteiger partial charge in [0.15, 0.2) is 0 Å². The predicted octanol–water partition coefficient (Wildman–Crippen LogP) is -0.755. The molecular formula is C4H2NaO3. The first-order chi connectivity index (χ1) is 3.29. The van der Waals surface area contributed by atoms with Gasteiger partial charge in [0.25, 0.3) is 0 Å². The second-order valence-corrected chi connectivity index (χ2v) is 1.07. The molecule has 0 saturated carbocycles. The molecule has 0 amide bonds. The molecule has 0 spiro atoms. The zero-order chi connectivity index (χ0) is 5.28. The van der Waals surface area contributed by atoms with Gasteiger partial charge in [-0.2, -0.15) is 0 Å². The van der Waals surface area contributed by atoms with Crippen molar-refractivity contribution in [3.8, 4) is 0 Å². The third kappa shape index (κ3) is 1.78. The number of hydrogen-bond donors (Lipinski definition) is 0. The van der Waals surface area contributed by atoms with Crippen LogP contribution >= 0.6 is 0 Å². The summed E-state index contributed by atoms with van der Waals surface area (Å²) in [4.78, 5) is 19.8. The van der Waals surface area contributed by atoms with Crippen molar-refractivity contribution in [2.24, 2.45) is 0 Å². The van der Waals surface area contributed by atoms with Gasteiger partial charge in [-0.05, 0) is 0 Å². The van der Waals surface area contributed by atoms with Gasteiger partial charge < -0.3 is 4.74 Å². The topological polar surface area (TPSA) is 43.4 Å². The second kappa shape index (κ2) is 3.02. The molecule has 0 unspecified atom stereocenters. The van der Waals surface area contributed by atoms with E-state index in [-0.39, 0.29) is 29.6 Å². The average molecular weight is 121 g/mol. The molecule has 0 N–H and O–H groups in total. The summed E-state index contributed by atoms with van der Waals surface area (Å²) in [6, 6.07) is 0. The molecule has 0 saturated heterocycles. The van der Waals surface area contributed by atoms with Crippen LogP contribution in [-0.2, 0) is 14.3 Å². The van der Waals surface area contributed by atoms with Crippen LogP contribution in [0.25, 0.3) is 0 Å². The molecule has 1 radical (unpaired) electrons. The Morgan fingerprint density at radius 3 is 1.62 bits per heavy atom. The average Bonchev–Trinajstić information content (AvgIpc) is 1.87. The summed E-state index contributed by atoms with van der Waals surface area (Å²) in [5.74, 6) is -1.16. The largest absolute Gasteiger partial charge is 0.387 e. The normalized spacial score (nSPS) is 15.5. The summed E-state index contributed by atoms with van der Waals surface area (Å²) < 4.78 is 3.97. The van der Waals surface area contributed by atoms with E-state index in [0.29, 0.717) is 0 Å². The van der Waals surface area contributed by atoms with E-state index in [1.807, 2.05) is 0 Å². The van der Waals surface area contributed by atoms with Crippen molar-refractivity contribution in [1.82, 2.24) is 0 Å². The Bertz CT molecular complexity index is 133. The SMILES string of the molecule is O=C1C=CC(=O)O1.[Na]. The molecule has 0 aliphatic carbocycles. The number of cyclic esters (lactones) is 2. The third-order valence-electron chi connectivity index (χ3n) is 0.557. The number of carbonyl (C=O) groups is 2. The number of ether oxygens (including phenoxy) is 1. The predicted molar refractivity (Wildman–Crippen MR) is 26.0 cm³/mol. The molecule has 0 fully saturated rings. The van der Waals surface area contributed by atoms with Crippen molar-refractivity contribution in [1.29, 1.82) is 0 Å². The zero-order valence-electron chi connectivity index (χ0n) is 4.38. The molecule has 37 valence electrons. The van der Waals surface area contributed by atoms with Crippen LogP contribution in [0.2, 0.25) is 0 Å². The minimum atomic E-state index is -0.579. The molecule has 1 rings (SSSR count). The molecule has 3 nitrogen and oxygen atoms in total. The Kier molecular flexibility index (Phi) is 2.97. The molecule has 0 atom stereocenters. The van der Waals surface area contributed by atoms with Crippen LogP contribution < -0.4 is 0 Å². The van der Waals surface area contributed by atoms with Crippen molar-refractivity contribution in [2.75, 3.05) is 0 Å². The monoisotopic (exact) mass is 121 g/mol. The van der Waals surface area contributed by atoms with Gasteiger partial charge in [0.2, 0.25) is 0 Å². The fourth-order valence-corrected chi connectivity index (χ4v) is 0.303. The smallest absolute Gasteiger partial charge is 0.338 e. The van der Waals surface area contributed by atoms with Gasteiger partial charge in [-0.3, -0.25) is 0 Å². The minimum absolute atomic E-state index is 0. The van der Waals surface area contributed by atoms with Crippen molar-refractivity contribution in [2.45, 2.75) is 0 Å². The summed E-state index contributed by atoms with van der Waals surface area (Å²) >= 11 is 0. The Hall–Kier alpha value is -0.120. The second-order valence-electron chi connectivity index (χ2n) is 1.07. The standard InChI is InChI=1S/C4H2O3.Na/c5-3-1-2-4(6)7-3;/h1-2H;. The van der Waals surface area contributed by atoms with Crippen LogP contribution in [0.3, 0.4) is 0 Å². The van der Waals surface area contributed by atoms with E-state index < -0.39 is 11.9 Å². The quantitative estimate of drug-likeness (QED) is 0.240. The molecule has 1 heterocycles. The number of hydrogen-bond acceptors (Lipinski definition) is 3. The molecule has 0 aromatic rings. The first-order valence-corrected chi connectivity index (χ1v) is 1.73. The molecule has 1 aliphatic rings. The molecular weight excluding hydrogens is 119 g/mol. The van der Waals surface area contributed by atoms with Crippen LogP contribution in [0.4, 0.5) is 0 Å². The van der Waals surface area contributed by atoms with Crippen LogP contribution in [0.1, 0.15) is 0 Å². The van der Waals surface area contributed by atoms with E-state index in [4.69, 9.17) is 0 Å². The Labute approximate surface area is 68.0 Å². The maximum Gasteiger partial charge on any atom is 0.338 e. The number of rotatable bonds is 0. The van der Waals surface area contributed by atoms with Crippen molar-refractivity contribution >= 4 is 41.5 Å². The van der Waals surface area contributed by atoms with E-state index in [1.165, 1.54) is 0 Å². The van der Waals surface area contributed by atoms with Gasteiger partial charge in [-0.25, -0.2) is 9.59 Å². The maximum atomic E-state index is 9.92. The first-order valence-electron chi connectivity index (χ1n) is 1.73. The Morgan fingerprint density at radius 2 is 1.50 bits per heavy atom. The molecule has 1 aliphatic heterocycles. The summed E-state index contributed by atoms with van der Waals surface area (Å²) in [6.07, 6.45) is 2.17. The fraction of sp³-hybridized carbons (Fsp3) is 0. The van der Waals surface area contributed by atoms with E-state index in [9.17, 15) is 9.59 Å². The number of esters is 2. The molecule has 4 heteroatoms. The summed E-state index contributed by atoms with van der Waals surface area (Å²) in [6.45, 7) is 0. The van der Waals surface area contributed by atoms with Gasteiger partial charge >= 0.3 is 11.9 Å². The summed E-state index contributed by atoms with van der Waals surface area (Å²) in [5, 5.41) is 0.